The lowest BCUT2D eigenvalue weighted by molar-refractivity contribution is -0.140. The standard InChI is InChI=1S/C25H27NO6/c1-4-14-32-20-8-5-7-18(16-20)22-21(23(27)17-9-11-19(31-3)12-10-17)24(28)25(29)26(22)13-6-15-30-2/h4-5,7-12,16,22,27H,1,6,13-15H2,2-3H3. The lowest BCUT2D eigenvalue weighted by Crippen LogP contribution is -2.31. The third-order valence-electron chi connectivity index (χ3n) is 5.19. The molecule has 168 valence electrons. The summed E-state index contributed by atoms with van der Waals surface area (Å²) in [6, 6.07) is 13.1. The van der Waals surface area contributed by atoms with Gasteiger partial charge in [-0.15, -0.1) is 0 Å². The average Bonchev–Trinajstić information content (AvgIpc) is 3.07. The van der Waals surface area contributed by atoms with Gasteiger partial charge < -0.3 is 24.2 Å². The van der Waals surface area contributed by atoms with Crippen LogP contribution in [0.3, 0.4) is 0 Å². The van der Waals surface area contributed by atoms with Crippen molar-refractivity contribution in [1.82, 2.24) is 4.90 Å². The maximum atomic E-state index is 13.0. The van der Waals surface area contributed by atoms with E-state index in [0.717, 1.165) is 0 Å². The van der Waals surface area contributed by atoms with E-state index in [1.165, 1.54) is 4.90 Å². The molecule has 1 N–H and O–H groups in total. The van der Waals surface area contributed by atoms with Crippen molar-refractivity contribution in [2.75, 3.05) is 34.0 Å². The van der Waals surface area contributed by atoms with Gasteiger partial charge in [-0.05, 0) is 48.4 Å². The molecule has 0 aliphatic carbocycles. The molecule has 0 spiro atoms. The molecular weight excluding hydrogens is 410 g/mol. The van der Waals surface area contributed by atoms with Gasteiger partial charge in [0.25, 0.3) is 11.7 Å². The Morgan fingerprint density at radius 2 is 1.88 bits per heavy atom. The minimum Gasteiger partial charge on any atom is -0.507 e. The van der Waals surface area contributed by atoms with Crippen molar-refractivity contribution in [3.8, 4) is 11.5 Å². The third kappa shape index (κ3) is 4.84. The molecule has 1 aliphatic rings. The number of aliphatic hydroxyl groups excluding tert-OH is 1. The Balaban J connectivity index is 2.09. The van der Waals surface area contributed by atoms with Crippen LogP contribution in [0.1, 0.15) is 23.6 Å². The highest BCUT2D eigenvalue weighted by molar-refractivity contribution is 6.46. The van der Waals surface area contributed by atoms with E-state index in [9.17, 15) is 14.7 Å². The smallest absolute Gasteiger partial charge is 0.295 e. The summed E-state index contributed by atoms with van der Waals surface area (Å²) in [5.41, 5.74) is 1.13. The summed E-state index contributed by atoms with van der Waals surface area (Å²) in [5.74, 6) is -0.418. The minimum atomic E-state index is -0.749. The Labute approximate surface area is 187 Å². The van der Waals surface area contributed by atoms with Gasteiger partial charge in [0.15, 0.2) is 0 Å². The topological polar surface area (TPSA) is 85.3 Å². The van der Waals surface area contributed by atoms with E-state index in [4.69, 9.17) is 14.2 Å². The molecule has 7 nitrogen and oxygen atoms in total. The molecule has 1 fully saturated rings. The van der Waals surface area contributed by atoms with Crippen LogP contribution in [-0.4, -0.2) is 55.7 Å². The number of hydrogen-bond acceptors (Lipinski definition) is 6. The van der Waals surface area contributed by atoms with Crippen molar-refractivity contribution in [3.63, 3.8) is 0 Å². The first kappa shape index (κ1) is 23.1. The number of methoxy groups -OCH3 is 2. The summed E-state index contributed by atoms with van der Waals surface area (Å²) < 4.78 is 15.9. The van der Waals surface area contributed by atoms with E-state index in [2.05, 4.69) is 6.58 Å². The van der Waals surface area contributed by atoms with E-state index < -0.39 is 17.7 Å². The third-order valence-corrected chi connectivity index (χ3v) is 5.19. The van der Waals surface area contributed by atoms with Gasteiger partial charge in [-0.3, -0.25) is 9.59 Å². The molecule has 0 bridgehead atoms. The lowest BCUT2D eigenvalue weighted by atomic mass is 9.95. The van der Waals surface area contributed by atoms with Crippen molar-refractivity contribution >= 4 is 17.4 Å². The van der Waals surface area contributed by atoms with Crippen LogP contribution >= 0.6 is 0 Å². The Morgan fingerprint density at radius 1 is 1.12 bits per heavy atom. The molecule has 1 heterocycles. The van der Waals surface area contributed by atoms with Crippen molar-refractivity contribution in [2.45, 2.75) is 12.5 Å². The van der Waals surface area contributed by atoms with Crippen LogP contribution in [0.15, 0.2) is 66.8 Å². The van der Waals surface area contributed by atoms with E-state index in [0.29, 0.717) is 48.8 Å². The normalized spacial score (nSPS) is 17.4. The molecule has 1 saturated heterocycles. The molecule has 3 rings (SSSR count). The highest BCUT2D eigenvalue weighted by atomic mass is 16.5. The van der Waals surface area contributed by atoms with Crippen molar-refractivity contribution < 1.29 is 28.9 Å². The van der Waals surface area contributed by atoms with E-state index in [1.807, 2.05) is 6.07 Å². The summed E-state index contributed by atoms with van der Waals surface area (Å²) in [7, 11) is 3.12. The molecule has 7 heteroatoms. The van der Waals surface area contributed by atoms with Crippen LogP contribution in [0.4, 0.5) is 0 Å². The van der Waals surface area contributed by atoms with Gasteiger partial charge in [-0.1, -0.05) is 24.8 Å². The first-order chi connectivity index (χ1) is 15.5. The number of carbonyl (C=O) groups is 2. The molecule has 0 saturated carbocycles. The van der Waals surface area contributed by atoms with Crippen LogP contribution < -0.4 is 9.47 Å². The monoisotopic (exact) mass is 437 g/mol. The molecule has 1 unspecified atom stereocenters. The van der Waals surface area contributed by atoms with Crippen LogP contribution in [-0.2, 0) is 14.3 Å². The zero-order chi connectivity index (χ0) is 23.1. The summed E-state index contributed by atoms with van der Waals surface area (Å²) in [4.78, 5) is 27.4. The van der Waals surface area contributed by atoms with Gasteiger partial charge in [0.1, 0.15) is 23.9 Å². The molecular formula is C25H27NO6. The number of aliphatic hydroxyl groups is 1. The second-order valence-corrected chi connectivity index (χ2v) is 7.24. The fourth-order valence-corrected chi connectivity index (χ4v) is 3.67. The largest absolute Gasteiger partial charge is 0.507 e. The van der Waals surface area contributed by atoms with Gasteiger partial charge in [0.2, 0.25) is 0 Å². The fraction of sp³-hybridized carbons (Fsp3) is 0.280. The number of nitrogens with zero attached hydrogens (tertiary/aromatic N) is 1. The summed E-state index contributed by atoms with van der Waals surface area (Å²) in [6.07, 6.45) is 2.18. The minimum absolute atomic E-state index is 0.0402. The molecule has 1 atom stereocenters. The number of carbonyl (C=O) groups excluding carboxylic acids is 2. The van der Waals surface area contributed by atoms with Crippen LogP contribution in [0.5, 0.6) is 11.5 Å². The molecule has 2 aromatic rings. The first-order valence-electron chi connectivity index (χ1n) is 10.3. The van der Waals surface area contributed by atoms with Crippen LogP contribution in [0.25, 0.3) is 5.76 Å². The van der Waals surface area contributed by atoms with Crippen molar-refractivity contribution in [3.05, 3.63) is 77.9 Å². The molecule has 0 aromatic heterocycles. The van der Waals surface area contributed by atoms with E-state index in [-0.39, 0.29) is 11.3 Å². The van der Waals surface area contributed by atoms with E-state index >= 15 is 0 Å². The Bertz CT molecular complexity index is 1010. The maximum Gasteiger partial charge on any atom is 0.295 e. The Hall–Kier alpha value is -3.58. The first-order valence-corrected chi connectivity index (χ1v) is 10.3. The molecule has 1 aliphatic heterocycles. The number of ether oxygens (including phenoxy) is 3. The van der Waals surface area contributed by atoms with Gasteiger partial charge >= 0.3 is 0 Å². The van der Waals surface area contributed by atoms with Gasteiger partial charge in [-0.2, -0.15) is 0 Å². The number of hydrogen-bond donors (Lipinski definition) is 1. The number of rotatable bonds is 10. The van der Waals surface area contributed by atoms with Crippen molar-refractivity contribution in [2.24, 2.45) is 0 Å². The van der Waals surface area contributed by atoms with E-state index in [1.54, 1.807) is 62.8 Å². The fourth-order valence-electron chi connectivity index (χ4n) is 3.67. The molecule has 1 amide bonds. The molecule has 2 aromatic carbocycles. The average molecular weight is 437 g/mol. The second-order valence-electron chi connectivity index (χ2n) is 7.24. The zero-order valence-electron chi connectivity index (χ0n) is 18.2. The SMILES string of the molecule is C=CCOc1cccc(C2C(=C(O)c3ccc(OC)cc3)C(=O)C(=O)N2CCCOC)c1. The number of likely N-dealkylation sites (tertiary alicyclic amines) is 1. The summed E-state index contributed by atoms with van der Waals surface area (Å²) in [5, 5.41) is 11.1. The second kappa shape index (κ2) is 10.6. The molecule has 0 radical (unpaired) electrons. The number of amides is 1. The predicted molar refractivity (Wildman–Crippen MR) is 121 cm³/mol. The van der Waals surface area contributed by atoms with Gasteiger partial charge in [-0.25, -0.2) is 0 Å². The highest BCUT2D eigenvalue weighted by Gasteiger charge is 2.45. The quantitative estimate of drug-likeness (QED) is 0.201. The summed E-state index contributed by atoms with van der Waals surface area (Å²) in [6.45, 7) is 4.72. The van der Waals surface area contributed by atoms with Crippen LogP contribution in [0.2, 0.25) is 0 Å². The van der Waals surface area contributed by atoms with Crippen LogP contribution in [0, 0.1) is 0 Å². The Morgan fingerprint density at radius 3 is 2.53 bits per heavy atom. The lowest BCUT2D eigenvalue weighted by Gasteiger charge is -2.25. The number of Topliss-reactive ketones (excluding diaryl/α,β-unsaturated/α-hetero) is 1. The Kier molecular flexibility index (Phi) is 7.68. The highest BCUT2D eigenvalue weighted by Crippen LogP contribution is 2.40. The number of ketones is 1. The van der Waals surface area contributed by atoms with Crippen molar-refractivity contribution in [1.29, 1.82) is 0 Å². The van der Waals surface area contributed by atoms with Gasteiger partial charge in [0.05, 0.1) is 18.7 Å². The number of benzene rings is 2. The van der Waals surface area contributed by atoms with Gasteiger partial charge in [0, 0.05) is 25.8 Å². The zero-order valence-corrected chi connectivity index (χ0v) is 18.2. The summed E-state index contributed by atoms with van der Waals surface area (Å²) >= 11 is 0. The maximum absolute atomic E-state index is 13.0. The molecule has 32 heavy (non-hydrogen) atoms. The predicted octanol–water partition coefficient (Wildman–Crippen LogP) is 3.72.